The van der Waals surface area contributed by atoms with Gasteiger partial charge in [-0.25, -0.2) is 9.55 Å². The molecule has 154 valence electrons. The summed E-state index contributed by atoms with van der Waals surface area (Å²) in [5.41, 5.74) is 5.11. The fourth-order valence-corrected chi connectivity index (χ4v) is 3.32. The van der Waals surface area contributed by atoms with Crippen LogP contribution < -0.4 is 11.3 Å². The van der Waals surface area contributed by atoms with Crippen molar-refractivity contribution >= 4 is 24.9 Å². The van der Waals surface area contributed by atoms with E-state index in [1.165, 1.54) is 17.0 Å². The topological polar surface area (TPSA) is 195 Å². The summed E-state index contributed by atoms with van der Waals surface area (Å²) in [4.78, 5) is 40.1. The normalized spacial score (nSPS) is 25.4. The first kappa shape index (κ1) is 20.6. The van der Waals surface area contributed by atoms with Gasteiger partial charge in [-0.3, -0.25) is 18.9 Å². The van der Waals surface area contributed by atoms with Gasteiger partial charge < -0.3 is 30.1 Å². The van der Waals surface area contributed by atoms with Crippen LogP contribution in [0.4, 0.5) is 5.95 Å². The molecule has 1 fully saturated rings. The van der Waals surface area contributed by atoms with Gasteiger partial charge in [0.25, 0.3) is 5.56 Å². The number of phosphoric ester groups is 1. The fourth-order valence-electron chi connectivity index (χ4n) is 2.98. The van der Waals surface area contributed by atoms with Gasteiger partial charge in [0.1, 0.15) is 6.10 Å². The van der Waals surface area contributed by atoms with Crippen molar-refractivity contribution in [2.24, 2.45) is 5.92 Å². The van der Waals surface area contributed by atoms with Crippen molar-refractivity contribution in [3.8, 4) is 0 Å². The average Bonchev–Trinajstić information content (AvgIpc) is 3.14. The quantitative estimate of drug-likeness (QED) is 0.198. The van der Waals surface area contributed by atoms with E-state index in [9.17, 15) is 14.5 Å². The molecule has 0 saturated carbocycles. The number of anilines is 1. The number of hydrogen-bond acceptors (Lipinski definition) is 9. The Hall–Kier alpha value is -2.12. The maximum absolute atomic E-state index is 11.9. The van der Waals surface area contributed by atoms with Gasteiger partial charge in [-0.15, -0.1) is 6.58 Å². The highest BCUT2D eigenvalue weighted by molar-refractivity contribution is 7.46. The number of aromatic nitrogens is 4. The van der Waals surface area contributed by atoms with Gasteiger partial charge in [0.15, 0.2) is 17.4 Å². The number of aliphatic hydroxyl groups excluding tert-OH is 1. The molecule has 4 atom stereocenters. The molecular weight excluding hydrogens is 397 g/mol. The molecule has 0 radical (unpaired) electrons. The lowest BCUT2D eigenvalue weighted by molar-refractivity contribution is -0.0493. The lowest BCUT2D eigenvalue weighted by Gasteiger charge is -2.20. The van der Waals surface area contributed by atoms with Crippen molar-refractivity contribution in [3.63, 3.8) is 0 Å². The van der Waals surface area contributed by atoms with Crippen LogP contribution in [-0.2, 0) is 18.6 Å². The lowest BCUT2D eigenvalue weighted by atomic mass is 9.99. The number of nitrogens with zero attached hydrogens (tertiary/aromatic N) is 3. The van der Waals surface area contributed by atoms with Gasteiger partial charge >= 0.3 is 7.82 Å². The zero-order chi connectivity index (χ0) is 20.5. The van der Waals surface area contributed by atoms with E-state index < -0.39 is 44.3 Å². The number of H-pyrrole nitrogens is 1. The number of ether oxygens (including phenoxy) is 2. The molecule has 1 aliphatic heterocycles. The summed E-state index contributed by atoms with van der Waals surface area (Å²) < 4.78 is 28.0. The minimum Gasteiger partial charge on any atom is -0.388 e. The number of phosphoric acid groups is 1. The molecule has 0 spiro atoms. The molecule has 0 aromatic carbocycles. The largest absolute Gasteiger partial charge is 0.469 e. The maximum atomic E-state index is 11.9. The molecule has 1 saturated heterocycles. The second-order valence-electron chi connectivity index (χ2n) is 6.11. The number of nitrogen functional groups attached to an aromatic ring is 1. The number of rotatable bonds is 8. The summed E-state index contributed by atoms with van der Waals surface area (Å²) in [7, 11) is -4.74. The Bertz CT molecular complexity index is 955. The summed E-state index contributed by atoms with van der Waals surface area (Å²) in [6, 6.07) is 0. The van der Waals surface area contributed by atoms with E-state index in [0.29, 0.717) is 0 Å². The van der Waals surface area contributed by atoms with Crippen molar-refractivity contribution in [3.05, 3.63) is 29.3 Å². The molecule has 3 rings (SSSR count). The Kier molecular flexibility index (Phi) is 5.95. The second kappa shape index (κ2) is 8.09. The molecule has 0 amide bonds. The minimum absolute atomic E-state index is 0.000579. The van der Waals surface area contributed by atoms with Crippen LogP contribution in [0.2, 0.25) is 0 Å². The van der Waals surface area contributed by atoms with Crippen LogP contribution in [0.3, 0.4) is 0 Å². The fraction of sp³-hybridized carbons (Fsp3) is 0.500. The Morgan fingerprint density at radius 2 is 2.21 bits per heavy atom. The molecule has 1 aliphatic rings. The molecule has 28 heavy (non-hydrogen) atoms. The van der Waals surface area contributed by atoms with Gasteiger partial charge in [-0.1, -0.05) is 6.08 Å². The first-order valence-electron chi connectivity index (χ1n) is 8.16. The van der Waals surface area contributed by atoms with Gasteiger partial charge in [0.2, 0.25) is 5.95 Å². The predicted molar refractivity (Wildman–Crippen MR) is 95.0 cm³/mol. The van der Waals surface area contributed by atoms with Crippen LogP contribution in [0.25, 0.3) is 11.2 Å². The summed E-state index contributed by atoms with van der Waals surface area (Å²) in [5, 5.41) is 10.7. The third-order valence-corrected chi connectivity index (χ3v) is 4.69. The highest BCUT2D eigenvalue weighted by Crippen LogP contribution is 2.40. The molecular formula is C14H20N5O8P. The number of nitrogens with one attached hydrogen (secondary N) is 1. The molecule has 3 heterocycles. The first-order valence-corrected chi connectivity index (χ1v) is 9.69. The monoisotopic (exact) mass is 417 g/mol. The molecule has 13 nitrogen and oxygen atoms in total. The van der Waals surface area contributed by atoms with Crippen LogP contribution in [0.5, 0.6) is 0 Å². The molecule has 0 unspecified atom stereocenters. The molecule has 2 aromatic heterocycles. The average molecular weight is 417 g/mol. The van der Waals surface area contributed by atoms with Crippen LogP contribution in [0.1, 0.15) is 6.23 Å². The predicted octanol–water partition coefficient (Wildman–Crippen LogP) is -1.11. The summed E-state index contributed by atoms with van der Waals surface area (Å²) in [6.07, 6.45) is -0.359. The van der Waals surface area contributed by atoms with E-state index in [4.69, 9.17) is 25.0 Å². The van der Waals surface area contributed by atoms with Gasteiger partial charge in [-0.2, -0.15) is 4.98 Å². The Balaban J connectivity index is 1.90. The summed E-state index contributed by atoms with van der Waals surface area (Å²) >= 11 is 0. The van der Waals surface area contributed by atoms with E-state index in [1.54, 1.807) is 0 Å². The van der Waals surface area contributed by atoms with Gasteiger partial charge in [0, 0.05) is 5.92 Å². The van der Waals surface area contributed by atoms with E-state index in [-0.39, 0.29) is 30.3 Å². The first-order chi connectivity index (χ1) is 13.2. The Labute approximate surface area is 158 Å². The smallest absolute Gasteiger partial charge is 0.388 e. The minimum atomic E-state index is -4.74. The van der Waals surface area contributed by atoms with Crippen LogP contribution in [-0.4, -0.2) is 66.4 Å². The Morgan fingerprint density at radius 1 is 1.46 bits per heavy atom. The number of imidazole rings is 1. The number of fused-ring (bicyclic) bond motifs is 1. The maximum Gasteiger partial charge on any atom is 0.469 e. The summed E-state index contributed by atoms with van der Waals surface area (Å²) in [5.74, 6) is -0.827. The van der Waals surface area contributed by atoms with Crippen molar-refractivity contribution in [1.82, 2.24) is 19.5 Å². The van der Waals surface area contributed by atoms with Gasteiger partial charge in [-0.05, 0) is 0 Å². The third-order valence-electron chi connectivity index (χ3n) is 4.20. The lowest BCUT2D eigenvalue weighted by Crippen LogP contribution is -2.32. The summed E-state index contributed by atoms with van der Waals surface area (Å²) in [6.45, 7) is 3.27. The van der Waals surface area contributed by atoms with Crippen molar-refractivity contribution < 1.29 is 33.5 Å². The number of aromatic amines is 1. The Morgan fingerprint density at radius 3 is 2.89 bits per heavy atom. The van der Waals surface area contributed by atoms with Crippen molar-refractivity contribution in [1.29, 1.82) is 0 Å². The molecule has 14 heteroatoms. The second-order valence-corrected chi connectivity index (χ2v) is 7.35. The third kappa shape index (κ3) is 4.31. The number of aliphatic hydroxyl groups is 1. The number of hydrogen-bond donors (Lipinski definition) is 5. The van der Waals surface area contributed by atoms with Crippen LogP contribution in [0.15, 0.2) is 23.8 Å². The van der Waals surface area contributed by atoms with Crippen LogP contribution in [0, 0.1) is 5.92 Å². The van der Waals surface area contributed by atoms with Crippen molar-refractivity contribution in [2.75, 3.05) is 25.6 Å². The standard InChI is InChI=1S/C14H20N5O8P/c1-2-3-25-4-7-8(5-26-28(22,23)24)27-13(10(7)20)19-6-16-9-11(19)17-14(15)18-12(9)21/h2,6-8,10,13,20H,1,3-5H2,(H2,22,23,24)(H3,15,17,18,21)/t7-,8-,10-,13-/m1/s1. The zero-order valence-corrected chi connectivity index (χ0v) is 15.4. The van der Waals surface area contributed by atoms with E-state index >= 15 is 0 Å². The zero-order valence-electron chi connectivity index (χ0n) is 14.5. The van der Waals surface area contributed by atoms with Crippen LogP contribution >= 0.6 is 7.82 Å². The van der Waals surface area contributed by atoms with Gasteiger partial charge in [0.05, 0.1) is 32.3 Å². The highest BCUT2D eigenvalue weighted by Gasteiger charge is 2.46. The molecule has 2 aromatic rings. The molecule has 6 N–H and O–H groups in total. The number of nitrogens with two attached hydrogens (primary N) is 1. The van der Waals surface area contributed by atoms with Crippen molar-refractivity contribution in [2.45, 2.75) is 18.4 Å². The van der Waals surface area contributed by atoms with E-state index in [2.05, 4.69) is 26.1 Å². The molecule has 0 bridgehead atoms. The van der Waals surface area contributed by atoms with E-state index in [0.717, 1.165) is 0 Å². The molecule has 0 aliphatic carbocycles. The highest BCUT2D eigenvalue weighted by atomic mass is 31.2. The SMILES string of the molecule is C=CCOC[C@H]1[C@@H](O)[C@H](n2cnc3c(=O)[nH]c(N)nc32)O[C@@H]1COP(=O)(O)O. The van der Waals surface area contributed by atoms with E-state index in [1.807, 2.05) is 0 Å².